The highest BCUT2D eigenvalue weighted by atomic mass is 16.5. The Labute approximate surface area is 140 Å². The number of rotatable bonds is 4. The van der Waals surface area contributed by atoms with E-state index in [0.29, 0.717) is 17.3 Å². The first kappa shape index (κ1) is 16.0. The molecule has 1 amide bonds. The third-order valence-electron chi connectivity index (χ3n) is 3.97. The van der Waals surface area contributed by atoms with Gasteiger partial charge in [-0.15, -0.1) is 0 Å². The van der Waals surface area contributed by atoms with Crippen molar-refractivity contribution in [3.8, 4) is 11.5 Å². The van der Waals surface area contributed by atoms with Crippen molar-refractivity contribution in [1.82, 2.24) is 5.01 Å². The molecule has 0 fully saturated rings. The van der Waals surface area contributed by atoms with Crippen molar-refractivity contribution >= 4 is 18.0 Å². The highest BCUT2D eigenvalue weighted by molar-refractivity contribution is 6.02. The molecule has 0 aromatic heterocycles. The second kappa shape index (κ2) is 6.70. The number of allylic oxidation sites excluding steroid dienone is 2. The van der Waals surface area contributed by atoms with E-state index in [9.17, 15) is 4.79 Å². The minimum atomic E-state index is -0.291. The number of methoxy groups -OCH3 is 2. The average Bonchev–Trinajstić information content (AvgIpc) is 2.61. The van der Waals surface area contributed by atoms with Crippen LogP contribution in [0.2, 0.25) is 0 Å². The van der Waals surface area contributed by atoms with E-state index in [1.165, 1.54) is 5.01 Å². The van der Waals surface area contributed by atoms with Gasteiger partial charge in [0.25, 0.3) is 5.91 Å². The number of hydrogen-bond donors (Lipinski definition) is 0. The quantitative estimate of drug-likeness (QED) is 0.799. The number of benzene rings is 1. The first-order valence-corrected chi connectivity index (χ1v) is 7.63. The van der Waals surface area contributed by atoms with Gasteiger partial charge in [0.1, 0.15) is 5.84 Å². The molecule has 2 aliphatic rings. The summed E-state index contributed by atoms with van der Waals surface area (Å²) in [5, 5.41) is 5.66. The summed E-state index contributed by atoms with van der Waals surface area (Å²) in [7, 11) is 3.16. The second-order valence-electron chi connectivity index (χ2n) is 5.47. The molecule has 0 bridgehead atoms. The third-order valence-corrected chi connectivity index (χ3v) is 3.97. The Hall–Kier alpha value is -2.89. The average molecular weight is 325 g/mol. The van der Waals surface area contributed by atoms with E-state index in [-0.39, 0.29) is 17.9 Å². The number of carbonyl (C=O) groups is 1. The molecule has 0 unspecified atom stereocenters. The molecule has 1 aliphatic heterocycles. The van der Waals surface area contributed by atoms with Crippen molar-refractivity contribution in [2.45, 2.75) is 13.0 Å². The van der Waals surface area contributed by atoms with Crippen molar-refractivity contribution in [2.75, 3.05) is 14.2 Å². The number of hydrogen-bond acceptors (Lipinski definition) is 5. The van der Waals surface area contributed by atoms with Crippen molar-refractivity contribution < 1.29 is 14.3 Å². The minimum Gasteiger partial charge on any atom is -0.493 e. The Morgan fingerprint density at radius 3 is 2.67 bits per heavy atom. The largest absolute Gasteiger partial charge is 0.493 e. The normalized spacial score (nSPS) is 22.5. The van der Waals surface area contributed by atoms with E-state index in [1.807, 2.05) is 30.4 Å². The summed E-state index contributed by atoms with van der Waals surface area (Å²) in [6.45, 7) is 1.78. The van der Waals surface area contributed by atoms with Crippen LogP contribution in [-0.4, -0.2) is 43.2 Å². The number of carbonyl (C=O) groups excluding carboxylic acids is 1. The van der Waals surface area contributed by atoms with Crippen LogP contribution in [0.3, 0.4) is 0 Å². The maximum atomic E-state index is 12.6. The van der Waals surface area contributed by atoms with Gasteiger partial charge in [0.05, 0.1) is 32.4 Å². The van der Waals surface area contributed by atoms with Crippen LogP contribution >= 0.6 is 0 Å². The van der Waals surface area contributed by atoms with Gasteiger partial charge in [-0.25, -0.2) is 0 Å². The fourth-order valence-electron chi connectivity index (χ4n) is 2.72. The molecule has 0 spiro atoms. The van der Waals surface area contributed by atoms with Gasteiger partial charge in [0.2, 0.25) is 0 Å². The van der Waals surface area contributed by atoms with Gasteiger partial charge in [-0.05, 0) is 30.7 Å². The summed E-state index contributed by atoms with van der Waals surface area (Å²) in [6, 6.07) is 5.31. The predicted octanol–water partition coefficient (Wildman–Crippen LogP) is 2.41. The Balaban J connectivity index is 1.85. The molecule has 1 aromatic rings. The number of amidine groups is 1. The summed E-state index contributed by atoms with van der Waals surface area (Å²) >= 11 is 0. The maximum Gasteiger partial charge on any atom is 0.257 e. The standard InChI is InChI=1S/C18H19N3O3/c1-12-20-15-7-5-4-6-14(15)18(22)21(12)19-11-13-8-9-16(23-2)17(10-13)24-3/h4-11,14-15H,1-3H3/b19-11-/t14-,15+/m0/s1. The number of amides is 1. The number of nitrogens with zero attached hydrogens (tertiary/aromatic N) is 3. The lowest BCUT2D eigenvalue weighted by Gasteiger charge is -2.30. The molecule has 0 radical (unpaired) electrons. The highest BCUT2D eigenvalue weighted by Gasteiger charge is 2.35. The van der Waals surface area contributed by atoms with Crippen molar-refractivity contribution in [2.24, 2.45) is 16.0 Å². The summed E-state index contributed by atoms with van der Waals surface area (Å²) in [4.78, 5) is 17.2. The zero-order chi connectivity index (χ0) is 17.1. The van der Waals surface area contributed by atoms with Crippen LogP contribution in [0.25, 0.3) is 0 Å². The lowest BCUT2D eigenvalue weighted by molar-refractivity contribution is -0.131. The molecular weight excluding hydrogens is 306 g/mol. The van der Waals surface area contributed by atoms with Gasteiger partial charge >= 0.3 is 0 Å². The van der Waals surface area contributed by atoms with E-state index >= 15 is 0 Å². The molecule has 1 heterocycles. The fraction of sp³-hybridized carbons (Fsp3) is 0.278. The summed E-state index contributed by atoms with van der Waals surface area (Å²) < 4.78 is 10.5. The molecule has 0 saturated heterocycles. The number of hydrazone groups is 1. The minimum absolute atomic E-state index is 0.0789. The van der Waals surface area contributed by atoms with E-state index in [2.05, 4.69) is 10.1 Å². The second-order valence-corrected chi connectivity index (χ2v) is 5.47. The van der Waals surface area contributed by atoms with Crippen LogP contribution in [0.4, 0.5) is 0 Å². The molecule has 24 heavy (non-hydrogen) atoms. The number of fused-ring (bicyclic) bond motifs is 1. The van der Waals surface area contributed by atoms with Crippen molar-refractivity contribution in [3.63, 3.8) is 0 Å². The molecule has 3 rings (SSSR count). The van der Waals surface area contributed by atoms with Crippen LogP contribution in [0.5, 0.6) is 11.5 Å². The highest BCUT2D eigenvalue weighted by Crippen LogP contribution is 2.27. The van der Waals surface area contributed by atoms with Gasteiger partial charge in [0, 0.05) is 0 Å². The Morgan fingerprint density at radius 1 is 1.17 bits per heavy atom. The Morgan fingerprint density at radius 2 is 1.92 bits per heavy atom. The van der Waals surface area contributed by atoms with Gasteiger partial charge in [-0.2, -0.15) is 10.1 Å². The molecular formula is C18H19N3O3. The Kier molecular flexibility index (Phi) is 4.46. The molecule has 124 valence electrons. The molecule has 6 heteroatoms. The van der Waals surface area contributed by atoms with E-state index < -0.39 is 0 Å². The molecule has 1 aromatic carbocycles. The lowest BCUT2D eigenvalue weighted by Crippen LogP contribution is -2.44. The predicted molar refractivity (Wildman–Crippen MR) is 92.7 cm³/mol. The monoisotopic (exact) mass is 325 g/mol. The van der Waals surface area contributed by atoms with Crippen LogP contribution < -0.4 is 9.47 Å². The SMILES string of the molecule is COc1ccc(/C=N\N2C(=O)[C@H]3C=CC=C[C@H]3N=C2C)cc1OC. The van der Waals surface area contributed by atoms with Gasteiger partial charge < -0.3 is 9.47 Å². The molecule has 2 atom stereocenters. The van der Waals surface area contributed by atoms with Gasteiger partial charge in [0.15, 0.2) is 11.5 Å². The molecule has 1 aliphatic carbocycles. The van der Waals surface area contributed by atoms with E-state index in [1.54, 1.807) is 39.5 Å². The molecule has 0 N–H and O–H groups in total. The summed E-state index contributed by atoms with van der Waals surface area (Å²) in [5.74, 6) is 1.46. The summed E-state index contributed by atoms with van der Waals surface area (Å²) in [5.41, 5.74) is 0.800. The fourth-order valence-corrected chi connectivity index (χ4v) is 2.72. The van der Waals surface area contributed by atoms with E-state index in [4.69, 9.17) is 9.47 Å². The Bertz CT molecular complexity index is 765. The van der Waals surface area contributed by atoms with Crippen molar-refractivity contribution in [1.29, 1.82) is 0 Å². The van der Waals surface area contributed by atoms with Gasteiger partial charge in [-0.1, -0.05) is 24.3 Å². The number of aliphatic imine (C=N–C) groups is 1. The van der Waals surface area contributed by atoms with Crippen LogP contribution in [-0.2, 0) is 4.79 Å². The molecule has 6 nitrogen and oxygen atoms in total. The zero-order valence-electron chi connectivity index (χ0n) is 13.8. The topological polar surface area (TPSA) is 63.5 Å². The third kappa shape index (κ3) is 2.95. The summed E-state index contributed by atoms with van der Waals surface area (Å²) in [6.07, 6.45) is 9.18. The van der Waals surface area contributed by atoms with Crippen molar-refractivity contribution in [3.05, 3.63) is 48.1 Å². The van der Waals surface area contributed by atoms with E-state index in [0.717, 1.165) is 5.56 Å². The van der Waals surface area contributed by atoms with Crippen LogP contribution in [0, 0.1) is 5.92 Å². The van der Waals surface area contributed by atoms with Crippen LogP contribution in [0.15, 0.2) is 52.6 Å². The zero-order valence-corrected chi connectivity index (χ0v) is 13.8. The van der Waals surface area contributed by atoms with Gasteiger partial charge in [-0.3, -0.25) is 9.79 Å². The number of ether oxygens (including phenoxy) is 2. The maximum absolute atomic E-state index is 12.6. The lowest BCUT2D eigenvalue weighted by atomic mass is 9.93. The first-order chi connectivity index (χ1) is 11.6. The molecule has 0 saturated carbocycles. The van der Waals surface area contributed by atoms with Crippen LogP contribution in [0.1, 0.15) is 12.5 Å². The smallest absolute Gasteiger partial charge is 0.257 e. The first-order valence-electron chi connectivity index (χ1n) is 7.63.